The third-order valence-corrected chi connectivity index (χ3v) is 6.52. The van der Waals surface area contributed by atoms with Crippen LogP contribution in [0.2, 0.25) is 0 Å². The maximum atomic E-state index is 12.9. The van der Waals surface area contributed by atoms with Gasteiger partial charge in [-0.05, 0) is 37.4 Å². The highest BCUT2D eigenvalue weighted by Crippen LogP contribution is 2.35. The van der Waals surface area contributed by atoms with E-state index in [1.54, 1.807) is 23.0 Å². The maximum Gasteiger partial charge on any atom is 0.271 e. The van der Waals surface area contributed by atoms with Crippen LogP contribution >= 0.6 is 11.3 Å². The fourth-order valence-corrected chi connectivity index (χ4v) is 4.62. The Morgan fingerprint density at radius 2 is 2.22 bits per heavy atom. The second-order valence-electron chi connectivity index (χ2n) is 5.55. The van der Waals surface area contributed by atoms with Crippen molar-refractivity contribution in [2.75, 3.05) is 13.6 Å². The van der Waals surface area contributed by atoms with Crippen LogP contribution in [0.5, 0.6) is 0 Å². The molecule has 1 fully saturated rings. The van der Waals surface area contributed by atoms with E-state index in [1.165, 1.54) is 24.2 Å². The zero-order valence-corrected chi connectivity index (χ0v) is 14.7. The van der Waals surface area contributed by atoms with Crippen molar-refractivity contribution in [2.24, 2.45) is 7.05 Å². The molecule has 1 atom stereocenters. The van der Waals surface area contributed by atoms with Gasteiger partial charge in [0.15, 0.2) is 0 Å². The molecule has 6 nitrogen and oxygen atoms in total. The summed E-state index contributed by atoms with van der Waals surface area (Å²) in [5.74, 6) is -0.124. The number of nitrogens with one attached hydrogen (secondary N) is 1. The van der Waals surface area contributed by atoms with E-state index in [9.17, 15) is 13.2 Å². The minimum atomic E-state index is -3.55. The molecule has 1 amide bonds. The van der Waals surface area contributed by atoms with Crippen LogP contribution < -0.4 is 4.72 Å². The summed E-state index contributed by atoms with van der Waals surface area (Å²) in [5, 5.41) is 2.01. The molecule has 1 aliphatic heterocycles. The Bertz CT molecular complexity index is 809. The normalized spacial score (nSPS) is 18.5. The van der Waals surface area contributed by atoms with Gasteiger partial charge in [-0.25, -0.2) is 13.1 Å². The summed E-state index contributed by atoms with van der Waals surface area (Å²) in [7, 11) is -0.502. The molecule has 0 radical (unpaired) electrons. The van der Waals surface area contributed by atoms with Crippen LogP contribution in [0.15, 0.2) is 34.7 Å². The van der Waals surface area contributed by atoms with Gasteiger partial charge in [0.2, 0.25) is 10.0 Å². The molecule has 1 N–H and O–H groups in total. The Hall–Kier alpha value is -1.64. The smallest absolute Gasteiger partial charge is 0.271 e. The number of rotatable bonds is 4. The number of carbonyl (C=O) groups excluding carboxylic acids is 1. The standard InChI is InChI=1S/C15H19N3O3S2/c1-16-23(20,21)11-9-13(17(2)10-11)15(19)18-7-3-5-12(18)14-6-4-8-22-14/h4,6,8-10,12,16H,3,5,7H2,1-2H3. The van der Waals surface area contributed by atoms with Gasteiger partial charge in [0.25, 0.3) is 5.91 Å². The predicted octanol–water partition coefficient (Wildman–Crippen LogP) is 1.97. The van der Waals surface area contributed by atoms with Gasteiger partial charge >= 0.3 is 0 Å². The number of aromatic nitrogens is 1. The average molecular weight is 353 g/mol. The van der Waals surface area contributed by atoms with Gasteiger partial charge in [0.1, 0.15) is 10.6 Å². The topological polar surface area (TPSA) is 71.4 Å². The summed E-state index contributed by atoms with van der Waals surface area (Å²) >= 11 is 1.65. The second-order valence-corrected chi connectivity index (χ2v) is 8.42. The molecule has 2 aromatic heterocycles. The van der Waals surface area contributed by atoms with Crippen LogP contribution in [0.1, 0.15) is 34.2 Å². The monoisotopic (exact) mass is 353 g/mol. The molecule has 8 heteroatoms. The summed E-state index contributed by atoms with van der Waals surface area (Å²) in [6.45, 7) is 0.695. The lowest BCUT2D eigenvalue weighted by molar-refractivity contribution is 0.0728. The van der Waals surface area contributed by atoms with Crippen molar-refractivity contribution < 1.29 is 13.2 Å². The average Bonchev–Trinajstić information content (AvgIpc) is 3.25. The van der Waals surface area contributed by atoms with Crippen LogP contribution in [0.3, 0.4) is 0 Å². The number of likely N-dealkylation sites (tertiary alicyclic amines) is 1. The third kappa shape index (κ3) is 2.93. The van der Waals surface area contributed by atoms with Crippen molar-refractivity contribution in [1.29, 1.82) is 0 Å². The number of aryl methyl sites for hydroxylation is 1. The first-order chi connectivity index (χ1) is 10.9. The SMILES string of the molecule is CNS(=O)(=O)c1cc(C(=O)N2CCCC2c2cccs2)n(C)c1. The molecule has 23 heavy (non-hydrogen) atoms. The van der Waals surface area contributed by atoms with Gasteiger partial charge in [-0.15, -0.1) is 11.3 Å². The van der Waals surface area contributed by atoms with Crippen LogP contribution in [0, 0.1) is 0 Å². The van der Waals surface area contributed by atoms with E-state index in [1.807, 2.05) is 22.4 Å². The molecule has 1 saturated heterocycles. The van der Waals surface area contributed by atoms with Crippen LogP contribution in [0.25, 0.3) is 0 Å². The first kappa shape index (κ1) is 16.2. The first-order valence-electron chi connectivity index (χ1n) is 7.38. The highest BCUT2D eigenvalue weighted by atomic mass is 32.2. The lowest BCUT2D eigenvalue weighted by Gasteiger charge is -2.24. The molecule has 1 unspecified atom stereocenters. The zero-order valence-electron chi connectivity index (χ0n) is 13.0. The highest BCUT2D eigenvalue weighted by molar-refractivity contribution is 7.89. The number of hydrogen-bond donors (Lipinski definition) is 1. The predicted molar refractivity (Wildman–Crippen MR) is 89.0 cm³/mol. The maximum absolute atomic E-state index is 12.9. The molecule has 0 aromatic carbocycles. The summed E-state index contributed by atoms with van der Waals surface area (Å²) < 4.78 is 27.7. The molecule has 1 aliphatic rings. The van der Waals surface area contributed by atoms with Gasteiger partial charge in [-0.1, -0.05) is 6.07 Å². The number of thiophene rings is 1. The van der Waals surface area contributed by atoms with E-state index in [-0.39, 0.29) is 16.8 Å². The number of sulfonamides is 1. The van der Waals surface area contributed by atoms with Crippen molar-refractivity contribution in [3.8, 4) is 0 Å². The summed E-state index contributed by atoms with van der Waals surface area (Å²) in [4.78, 5) is 16.0. The second kappa shape index (κ2) is 6.10. The Labute approximate surface area is 139 Å². The Morgan fingerprint density at radius 3 is 2.87 bits per heavy atom. The van der Waals surface area contributed by atoms with Crippen LogP contribution in [-0.2, 0) is 17.1 Å². The quantitative estimate of drug-likeness (QED) is 0.913. The molecule has 0 spiro atoms. The number of nitrogens with zero attached hydrogens (tertiary/aromatic N) is 2. The number of carbonyl (C=O) groups is 1. The number of amides is 1. The lowest BCUT2D eigenvalue weighted by atomic mass is 10.2. The highest BCUT2D eigenvalue weighted by Gasteiger charge is 2.33. The van der Waals surface area contributed by atoms with Gasteiger partial charge in [0, 0.05) is 24.7 Å². The fraction of sp³-hybridized carbons (Fsp3) is 0.400. The van der Waals surface area contributed by atoms with Crippen LogP contribution in [0.4, 0.5) is 0 Å². The van der Waals surface area contributed by atoms with E-state index >= 15 is 0 Å². The van der Waals surface area contributed by atoms with Crippen molar-refractivity contribution in [2.45, 2.75) is 23.8 Å². The molecule has 0 aliphatic carbocycles. The third-order valence-electron chi connectivity index (χ3n) is 4.16. The fourth-order valence-electron chi connectivity index (χ4n) is 2.95. The molecular formula is C15H19N3O3S2. The van der Waals surface area contributed by atoms with E-state index in [0.717, 1.165) is 12.8 Å². The minimum Gasteiger partial charge on any atom is -0.345 e. The first-order valence-corrected chi connectivity index (χ1v) is 9.74. The summed E-state index contributed by atoms with van der Waals surface area (Å²) in [6.07, 6.45) is 3.37. The Balaban J connectivity index is 1.91. The number of hydrogen-bond acceptors (Lipinski definition) is 4. The van der Waals surface area contributed by atoms with Crippen molar-refractivity contribution in [3.05, 3.63) is 40.3 Å². The molecule has 0 bridgehead atoms. The van der Waals surface area contributed by atoms with Gasteiger partial charge in [-0.3, -0.25) is 4.79 Å². The Kier molecular flexibility index (Phi) is 4.31. The molecular weight excluding hydrogens is 334 g/mol. The van der Waals surface area contributed by atoms with Gasteiger partial charge in [-0.2, -0.15) is 0 Å². The van der Waals surface area contributed by atoms with Crippen LogP contribution in [-0.4, -0.2) is 37.4 Å². The van der Waals surface area contributed by atoms with E-state index in [0.29, 0.717) is 12.2 Å². The van der Waals surface area contributed by atoms with E-state index in [2.05, 4.69) is 4.72 Å². The van der Waals surface area contributed by atoms with Crippen molar-refractivity contribution in [1.82, 2.24) is 14.2 Å². The van der Waals surface area contributed by atoms with E-state index in [4.69, 9.17) is 0 Å². The zero-order chi connectivity index (χ0) is 16.6. The van der Waals surface area contributed by atoms with Crippen molar-refractivity contribution >= 4 is 27.3 Å². The lowest BCUT2D eigenvalue weighted by Crippen LogP contribution is -2.31. The molecule has 3 heterocycles. The molecule has 3 rings (SSSR count). The summed E-state index contributed by atoms with van der Waals surface area (Å²) in [6, 6.07) is 5.56. The Morgan fingerprint density at radius 1 is 1.43 bits per heavy atom. The van der Waals surface area contributed by atoms with Gasteiger partial charge in [0.05, 0.1) is 6.04 Å². The molecule has 0 saturated carbocycles. The minimum absolute atomic E-state index is 0.0850. The molecule has 2 aromatic rings. The van der Waals surface area contributed by atoms with Crippen molar-refractivity contribution in [3.63, 3.8) is 0 Å². The molecule has 124 valence electrons. The van der Waals surface area contributed by atoms with E-state index < -0.39 is 10.0 Å². The summed E-state index contributed by atoms with van der Waals surface area (Å²) in [5.41, 5.74) is 0.391. The largest absolute Gasteiger partial charge is 0.345 e. The van der Waals surface area contributed by atoms with Gasteiger partial charge < -0.3 is 9.47 Å².